The maximum Gasteiger partial charge on any atom is 0.293 e. The summed E-state index contributed by atoms with van der Waals surface area (Å²) >= 11 is 0. The van der Waals surface area contributed by atoms with Gasteiger partial charge in [0.1, 0.15) is 11.5 Å². The van der Waals surface area contributed by atoms with Crippen molar-refractivity contribution in [2.45, 2.75) is 12.8 Å². The highest BCUT2D eigenvalue weighted by Crippen LogP contribution is 2.32. The quantitative estimate of drug-likeness (QED) is 0.748. The summed E-state index contributed by atoms with van der Waals surface area (Å²) in [6.45, 7) is 2.77. The van der Waals surface area contributed by atoms with Gasteiger partial charge in [-0.2, -0.15) is 0 Å². The fourth-order valence-electron chi connectivity index (χ4n) is 1.88. The van der Waals surface area contributed by atoms with Crippen molar-refractivity contribution in [1.82, 2.24) is 0 Å². The standard InChI is InChI=1S/C15H16O4/c1-11(8-18-10-16)12-7-15(19-9-12)13-5-3-4-6-14(13)17-2/h3-7,9-11H,8H2,1-2H3. The summed E-state index contributed by atoms with van der Waals surface area (Å²) < 4.78 is 15.6. The first-order chi connectivity index (χ1) is 9.26. The van der Waals surface area contributed by atoms with E-state index in [0.717, 1.165) is 22.6 Å². The van der Waals surface area contributed by atoms with Gasteiger partial charge in [-0.3, -0.25) is 4.79 Å². The molecule has 4 heteroatoms. The monoisotopic (exact) mass is 260 g/mol. The van der Waals surface area contributed by atoms with E-state index < -0.39 is 0 Å². The lowest BCUT2D eigenvalue weighted by Gasteiger charge is -2.06. The maximum absolute atomic E-state index is 10.2. The van der Waals surface area contributed by atoms with Crippen LogP contribution in [-0.2, 0) is 9.53 Å². The molecule has 1 unspecified atom stereocenters. The van der Waals surface area contributed by atoms with Crippen molar-refractivity contribution in [2.75, 3.05) is 13.7 Å². The number of benzene rings is 1. The largest absolute Gasteiger partial charge is 0.496 e. The highest BCUT2D eigenvalue weighted by Gasteiger charge is 2.13. The number of ether oxygens (including phenoxy) is 2. The summed E-state index contributed by atoms with van der Waals surface area (Å²) in [7, 11) is 1.63. The molecule has 2 rings (SSSR count). The molecule has 2 aromatic rings. The summed E-state index contributed by atoms with van der Waals surface area (Å²) in [6.07, 6.45) is 1.68. The number of rotatable bonds is 6. The van der Waals surface area contributed by atoms with Crippen molar-refractivity contribution in [3.8, 4) is 17.1 Å². The first-order valence-electron chi connectivity index (χ1n) is 6.03. The van der Waals surface area contributed by atoms with Crippen LogP contribution < -0.4 is 4.74 Å². The summed E-state index contributed by atoms with van der Waals surface area (Å²) in [4.78, 5) is 10.2. The molecule has 0 aliphatic carbocycles. The van der Waals surface area contributed by atoms with Crippen LogP contribution in [0.3, 0.4) is 0 Å². The summed E-state index contributed by atoms with van der Waals surface area (Å²) in [6, 6.07) is 9.60. The highest BCUT2D eigenvalue weighted by atomic mass is 16.5. The third-order valence-electron chi connectivity index (χ3n) is 2.98. The number of methoxy groups -OCH3 is 1. The number of para-hydroxylation sites is 1. The minimum atomic E-state index is 0.0948. The molecule has 0 bridgehead atoms. The van der Waals surface area contributed by atoms with E-state index in [2.05, 4.69) is 0 Å². The smallest absolute Gasteiger partial charge is 0.293 e. The Bertz CT molecular complexity index is 545. The first kappa shape index (κ1) is 13.2. The van der Waals surface area contributed by atoms with Crippen molar-refractivity contribution in [2.24, 2.45) is 0 Å². The van der Waals surface area contributed by atoms with E-state index in [-0.39, 0.29) is 5.92 Å². The Labute approximate surface area is 111 Å². The van der Waals surface area contributed by atoms with Crippen molar-refractivity contribution in [1.29, 1.82) is 0 Å². The van der Waals surface area contributed by atoms with Gasteiger partial charge in [-0.05, 0) is 23.8 Å². The summed E-state index contributed by atoms with van der Waals surface area (Å²) in [5, 5.41) is 0. The molecule has 1 aromatic carbocycles. The minimum Gasteiger partial charge on any atom is -0.496 e. The molecule has 0 saturated carbocycles. The molecule has 0 amide bonds. The van der Waals surface area contributed by atoms with E-state index in [1.807, 2.05) is 37.3 Å². The Balaban J connectivity index is 2.23. The fourth-order valence-corrected chi connectivity index (χ4v) is 1.88. The van der Waals surface area contributed by atoms with Gasteiger partial charge in [0.05, 0.1) is 25.5 Å². The lowest BCUT2D eigenvalue weighted by atomic mass is 10.0. The van der Waals surface area contributed by atoms with Crippen LogP contribution >= 0.6 is 0 Å². The van der Waals surface area contributed by atoms with Gasteiger partial charge in [0, 0.05) is 5.92 Å². The molecular formula is C15H16O4. The van der Waals surface area contributed by atoms with Gasteiger partial charge in [-0.25, -0.2) is 0 Å². The van der Waals surface area contributed by atoms with Crippen molar-refractivity contribution >= 4 is 6.47 Å². The molecule has 1 aromatic heterocycles. The Morgan fingerprint density at radius 2 is 2.16 bits per heavy atom. The number of furan rings is 1. The van der Waals surface area contributed by atoms with Crippen LogP contribution in [0, 0.1) is 0 Å². The predicted molar refractivity (Wildman–Crippen MR) is 71.1 cm³/mol. The van der Waals surface area contributed by atoms with Gasteiger partial charge in [0.15, 0.2) is 0 Å². The Kier molecular flexibility index (Phi) is 4.23. The third-order valence-corrected chi connectivity index (χ3v) is 2.98. The van der Waals surface area contributed by atoms with E-state index in [1.165, 1.54) is 0 Å². The van der Waals surface area contributed by atoms with Crippen LogP contribution in [0.15, 0.2) is 41.0 Å². The van der Waals surface area contributed by atoms with Crippen molar-refractivity contribution < 1.29 is 18.7 Å². The predicted octanol–water partition coefficient (Wildman–Crippen LogP) is 3.23. The molecule has 100 valence electrons. The summed E-state index contributed by atoms with van der Waals surface area (Å²) in [5.41, 5.74) is 1.89. The van der Waals surface area contributed by atoms with E-state index in [4.69, 9.17) is 13.9 Å². The molecule has 19 heavy (non-hydrogen) atoms. The molecule has 0 fully saturated rings. The van der Waals surface area contributed by atoms with Gasteiger partial charge in [-0.1, -0.05) is 19.1 Å². The molecule has 0 spiro atoms. The van der Waals surface area contributed by atoms with Crippen LogP contribution in [0.1, 0.15) is 18.4 Å². The van der Waals surface area contributed by atoms with E-state index in [1.54, 1.807) is 13.4 Å². The number of carbonyl (C=O) groups excluding carboxylic acids is 1. The zero-order chi connectivity index (χ0) is 13.7. The minimum absolute atomic E-state index is 0.0948. The fraction of sp³-hybridized carbons (Fsp3) is 0.267. The SMILES string of the molecule is COc1ccccc1-c1cc(C(C)COC=O)co1. The van der Waals surface area contributed by atoms with Crippen LogP contribution in [-0.4, -0.2) is 20.2 Å². The molecule has 0 saturated heterocycles. The molecule has 1 atom stereocenters. The first-order valence-corrected chi connectivity index (χ1v) is 6.03. The second-order valence-corrected chi connectivity index (χ2v) is 4.28. The molecule has 1 heterocycles. The van der Waals surface area contributed by atoms with Crippen LogP contribution in [0.2, 0.25) is 0 Å². The summed E-state index contributed by atoms with van der Waals surface area (Å²) in [5.74, 6) is 1.60. The van der Waals surface area contributed by atoms with Gasteiger partial charge < -0.3 is 13.9 Å². The van der Waals surface area contributed by atoms with Crippen LogP contribution in [0.4, 0.5) is 0 Å². The molecular weight excluding hydrogens is 244 g/mol. The topological polar surface area (TPSA) is 48.7 Å². The molecule has 0 aliphatic rings. The van der Waals surface area contributed by atoms with Crippen LogP contribution in [0.25, 0.3) is 11.3 Å². The maximum atomic E-state index is 10.2. The van der Waals surface area contributed by atoms with Crippen molar-refractivity contribution in [3.05, 3.63) is 42.2 Å². The Morgan fingerprint density at radius 3 is 2.89 bits per heavy atom. The highest BCUT2D eigenvalue weighted by molar-refractivity contribution is 5.66. The van der Waals surface area contributed by atoms with Gasteiger partial charge in [0.2, 0.25) is 0 Å². The zero-order valence-electron chi connectivity index (χ0n) is 11.0. The average molecular weight is 260 g/mol. The lowest BCUT2D eigenvalue weighted by molar-refractivity contribution is -0.129. The molecule has 0 N–H and O–H groups in total. The number of carbonyl (C=O) groups is 1. The molecule has 4 nitrogen and oxygen atoms in total. The van der Waals surface area contributed by atoms with E-state index >= 15 is 0 Å². The van der Waals surface area contributed by atoms with Gasteiger partial charge in [0.25, 0.3) is 6.47 Å². The normalized spacial score (nSPS) is 11.9. The van der Waals surface area contributed by atoms with Crippen molar-refractivity contribution in [3.63, 3.8) is 0 Å². The van der Waals surface area contributed by atoms with Crippen LogP contribution in [0.5, 0.6) is 5.75 Å². The van der Waals surface area contributed by atoms with Gasteiger partial charge >= 0.3 is 0 Å². The second kappa shape index (κ2) is 6.09. The Morgan fingerprint density at radius 1 is 1.37 bits per heavy atom. The zero-order valence-corrected chi connectivity index (χ0v) is 11.0. The molecule has 0 aliphatic heterocycles. The molecule has 0 radical (unpaired) electrons. The Hall–Kier alpha value is -2.23. The lowest BCUT2D eigenvalue weighted by Crippen LogP contribution is -2.01. The average Bonchev–Trinajstić information content (AvgIpc) is 2.94. The second-order valence-electron chi connectivity index (χ2n) is 4.28. The third kappa shape index (κ3) is 2.96. The number of hydrogen-bond acceptors (Lipinski definition) is 4. The van der Waals surface area contributed by atoms with E-state index in [0.29, 0.717) is 13.1 Å². The van der Waals surface area contributed by atoms with E-state index in [9.17, 15) is 4.79 Å². The number of hydrogen-bond donors (Lipinski definition) is 0. The van der Waals surface area contributed by atoms with Gasteiger partial charge in [-0.15, -0.1) is 0 Å².